The Morgan fingerprint density at radius 1 is 1.46 bits per heavy atom. The van der Waals surface area contributed by atoms with E-state index in [0.29, 0.717) is 11.8 Å². The summed E-state index contributed by atoms with van der Waals surface area (Å²) in [5.74, 6) is 1.36. The molecule has 0 aromatic heterocycles. The molecule has 3 atom stereocenters. The number of fused-ring (bicyclic) bond motifs is 1. The third-order valence-corrected chi connectivity index (χ3v) is 3.31. The minimum absolute atomic E-state index is 0.177. The van der Waals surface area contributed by atoms with Crippen LogP contribution in [-0.4, -0.2) is 29.8 Å². The molecule has 3 N–H and O–H groups in total. The lowest BCUT2D eigenvalue weighted by Crippen LogP contribution is -2.44. The van der Waals surface area contributed by atoms with Gasteiger partial charge in [0, 0.05) is 5.54 Å². The highest BCUT2D eigenvalue weighted by molar-refractivity contribution is 5.65. The van der Waals surface area contributed by atoms with Crippen molar-refractivity contribution in [1.29, 1.82) is 0 Å². The molecule has 1 aliphatic heterocycles. The predicted octanol–water partition coefficient (Wildman–Crippen LogP) is 0.642. The summed E-state index contributed by atoms with van der Waals surface area (Å²) in [5, 5.41) is 14.7. The van der Waals surface area contributed by atoms with E-state index in [4.69, 9.17) is 5.11 Å². The van der Waals surface area contributed by atoms with Gasteiger partial charge in [0.1, 0.15) is 0 Å². The van der Waals surface area contributed by atoms with Gasteiger partial charge in [0.25, 0.3) is 0 Å². The van der Waals surface area contributed by atoms with E-state index in [9.17, 15) is 4.79 Å². The van der Waals surface area contributed by atoms with Crippen molar-refractivity contribution in [2.75, 3.05) is 13.1 Å². The Morgan fingerprint density at radius 2 is 2.00 bits per heavy atom. The highest BCUT2D eigenvalue weighted by Crippen LogP contribution is 2.40. The van der Waals surface area contributed by atoms with Gasteiger partial charge in [-0.2, -0.15) is 0 Å². The molecule has 1 heterocycles. The molecule has 0 aromatic rings. The molecule has 0 bridgehead atoms. The lowest BCUT2D eigenvalue weighted by atomic mass is 9.98. The summed E-state index contributed by atoms with van der Waals surface area (Å²) in [4.78, 5) is 10.6. The Labute approximate surface area is 77.7 Å². The normalized spacial score (nSPS) is 43.2. The van der Waals surface area contributed by atoms with Crippen LogP contribution in [0.2, 0.25) is 0 Å². The minimum Gasteiger partial charge on any atom is -0.465 e. The average molecular weight is 184 g/mol. The van der Waals surface area contributed by atoms with Crippen molar-refractivity contribution in [3.8, 4) is 0 Å². The van der Waals surface area contributed by atoms with Crippen molar-refractivity contribution in [2.45, 2.75) is 25.3 Å². The highest BCUT2D eigenvalue weighted by Gasteiger charge is 2.44. The number of nitrogens with one attached hydrogen (secondary N) is 2. The fourth-order valence-corrected chi connectivity index (χ4v) is 2.87. The first-order chi connectivity index (χ1) is 6.09. The molecule has 4 nitrogen and oxygen atoms in total. The maximum absolute atomic E-state index is 10.6. The molecule has 2 rings (SSSR count). The molecule has 1 amide bonds. The number of amides is 1. The van der Waals surface area contributed by atoms with Crippen LogP contribution in [0.5, 0.6) is 0 Å². The second-order valence-electron chi connectivity index (χ2n) is 4.58. The minimum atomic E-state index is -0.893. The smallest absolute Gasteiger partial charge is 0.405 e. The molecule has 2 aliphatic rings. The summed E-state index contributed by atoms with van der Waals surface area (Å²) in [6.07, 6.45) is 1.07. The quantitative estimate of drug-likeness (QED) is 0.560. The fraction of sp³-hybridized carbons (Fsp3) is 0.889. The first-order valence-corrected chi connectivity index (χ1v) is 4.81. The SMILES string of the molecule is C[C@@]1(NC(=O)O)C[C@H]2CNC[C@H]2C1. The molecular formula is C9H16N2O2. The van der Waals surface area contributed by atoms with Crippen LogP contribution in [0.1, 0.15) is 19.8 Å². The van der Waals surface area contributed by atoms with Gasteiger partial charge >= 0.3 is 6.09 Å². The van der Waals surface area contributed by atoms with Crippen LogP contribution in [0.25, 0.3) is 0 Å². The second kappa shape index (κ2) is 2.87. The number of hydrogen-bond donors (Lipinski definition) is 3. The number of carboxylic acid groups (broad SMARTS) is 1. The average Bonchev–Trinajstić information content (AvgIpc) is 2.41. The Hall–Kier alpha value is -0.770. The largest absolute Gasteiger partial charge is 0.465 e. The van der Waals surface area contributed by atoms with E-state index in [2.05, 4.69) is 10.6 Å². The first kappa shape index (κ1) is 8.81. The summed E-state index contributed by atoms with van der Waals surface area (Å²) >= 11 is 0. The van der Waals surface area contributed by atoms with Gasteiger partial charge in [-0.05, 0) is 44.7 Å². The second-order valence-corrected chi connectivity index (χ2v) is 4.58. The van der Waals surface area contributed by atoms with Gasteiger partial charge in [-0.15, -0.1) is 0 Å². The van der Waals surface area contributed by atoms with Crippen LogP contribution in [-0.2, 0) is 0 Å². The van der Waals surface area contributed by atoms with E-state index in [1.54, 1.807) is 0 Å². The Kier molecular flexibility index (Phi) is 1.95. The summed E-state index contributed by atoms with van der Waals surface area (Å²) < 4.78 is 0. The molecule has 1 saturated carbocycles. The fourth-order valence-electron chi connectivity index (χ4n) is 2.87. The van der Waals surface area contributed by atoms with Gasteiger partial charge in [0.05, 0.1) is 0 Å². The van der Waals surface area contributed by atoms with Crippen LogP contribution in [0.4, 0.5) is 4.79 Å². The molecule has 4 heteroatoms. The van der Waals surface area contributed by atoms with Crippen LogP contribution in [0.3, 0.4) is 0 Å². The maximum Gasteiger partial charge on any atom is 0.405 e. The van der Waals surface area contributed by atoms with Crippen LogP contribution in [0.15, 0.2) is 0 Å². The molecular weight excluding hydrogens is 168 g/mol. The van der Waals surface area contributed by atoms with E-state index >= 15 is 0 Å². The maximum atomic E-state index is 10.6. The predicted molar refractivity (Wildman–Crippen MR) is 48.6 cm³/mol. The molecule has 0 spiro atoms. The molecule has 0 radical (unpaired) electrons. The summed E-state index contributed by atoms with van der Waals surface area (Å²) in [5.41, 5.74) is -0.177. The van der Waals surface area contributed by atoms with Crippen molar-refractivity contribution in [3.63, 3.8) is 0 Å². The molecule has 2 fully saturated rings. The lowest BCUT2D eigenvalue weighted by molar-refractivity contribution is 0.179. The monoisotopic (exact) mass is 184 g/mol. The van der Waals surface area contributed by atoms with Gasteiger partial charge in [0.15, 0.2) is 0 Å². The molecule has 1 aliphatic carbocycles. The Bertz CT molecular complexity index is 218. The van der Waals surface area contributed by atoms with E-state index in [0.717, 1.165) is 25.9 Å². The molecule has 0 aromatic carbocycles. The van der Waals surface area contributed by atoms with Crippen molar-refractivity contribution in [1.82, 2.24) is 10.6 Å². The molecule has 13 heavy (non-hydrogen) atoms. The summed E-state index contributed by atoms with van der Waals surface area (Å²) in [6.45, 7) is 4.13. The molecule has 1 saturated heterocycles. The summed E-state index contributed by atoms with van der Waals surface area (Å²) in [6, 6.07) is 0. The van der Waals surface area contributed by atoms with Gasteiger partial charge in [-0.3, -0.25) is 0 Å². The van der Waals surface area contributed by atoms with E-state index < -0.39 is 6.09 Å². The highest BCUT2D eigenvalue weighted by atomic mass is 16.4. The van der Waals surface area contributed by atoms with Gasteiger partial charge < -0.3 is 15.7 Å². The van der Waals surface area contributed by atoms with Crippen LogP contribution < -0.4 is 10.6 Å². The van der Waals surface area contributed by atoms with Crippen molar-refractivity contribution in [2.24, 2.45) is 11.8 Å². The third kappa shape index (κ3) is 1.63. The number of hydrogen-bond acceptors (Lipinski definition) is 2. The van der Waals surface area contributed by atoms with Gasteiger partial charge in [0.2, 0.25) is 0 Å². The van der Waals surface area contributed by atoms with Gasteiger partial charge in [-0.25, -0.2) is 4.79 Å². The van der Waals surface area contributed by atoms with E-state index in [-0.39, 0.29) is 5.54 Å². The Balaban J connectivity index is 2.00. The zero-order valence-corrected chi connectivity index (χ0v) is 7.84. The van der Waals surface area contributed by atoms with Crippen LogP contribution >= 0.6 is 0 Å². The zero-order chi connectivity index (χ0) is 9.47. The van der Waals surface area contributed by atoms with E-state index in [1.807, 2.05) is 6.92 Å². The van der Waals surface area contributed by atoms with Crippen molar-refractivity contribution >= 4 is 6.09 Å². The number of rotatable bonds is 1. The van der Waals surface area contributed by atoms with Crippen molar-refractivity contribution < 1.29 is 9.90 Å². The summed E-state index contributed by atoms with van der Waals surface area (Å²) in [7, 11) is 0. The Morgan fingerprint density at radius 3 is 2.46 bits per heavy atom. The third-order valence-electron chi connectivity index (χ3n) is 3.31. The first-order valence-electron chi connectivity index (χ1n) is 4.81. The number of carbonyl (C=O) groups is 1. The van der Waals surface area contributed by atoms with Gasteiger partial charge in [-0.1, -0.05) is 0 Å². The lowest BCUT2D eigenvalue weighted by Gasteiger charge is -2.24. The topological polar surface area (TPSA) is 61.4 Å². The van der Waals surface area contributed by atoms with Crippen LogP contribution in [0, 0.1) is 11.8 Å². The molecule has 74 valence electrons. The standard InChI is InChI=1S/C9H16N2O2/c1-9(11-8(12)13)2-6-4-10-5-7(6)3-9/h6-7,10-11H,2-5H2,1H3,(H,12,13)/t6-,7+,9+. The van der Waals surface area contributed by atoms with Crippen molar-refractivity contribution in [3.05, 3.63) is 0 Å². The zero-order valence-electron chi connectivity index (χ0n) is 7.84. The van der Waals surface area contributed by atoms with E-state index in [1.165, 1.54) is 0 Å². The molecule has 0 unspecified atom stereocenters.